The van der Waals surface area contributed by atoms with Crippen LogP contribution in [0, 0.1) is 15.5 Å². The highest BCUT2D eigenvalue weighted by molar-refractivity contribution is 5.71. The van der Waals surface area contributed by atoms with Crippen molar-refractivity contribution in [1.82, 2.24) is 15.0 Å². The molecule has 0 fully saturated rings. The minimum absolute atomic E-state index is 0.111. The molecule has 2 heterocycles. The minimum Gasteiger partial charge on any atom is -0.358 e. The third-order valence-electron chi connectivity index (χ3n) is 2.27. The molecule has 0 aliphatic carbocycles. The first-order valence-corrected chi connectivity index (χ1v) is 5.35. The number of aromatic amines is 1. The molecule has 0 saturated heterocycles. The number of rotatable bonds is 2. The number of hydrogen-bond donors (Lipinski definition) is 1. The van der Waals surface area contributed by atoms with Gasteiger partial charge in [-0.1, -0.05) is 20.8 Å². The van der Waals surface area contributed by atoms with Crippen molar-refractivity contribution in [2.45, 2.75) is 27.2 Å². The Labute approximate surface area is 98.2 Å². The normalized spacial score (nSPS) is 11.9. The van der Waals surface area contributed by atoms with Crippen LogP contribution in [0.25, 0.3) is 11.2 Å². The van der Waals surface area contributed by atoms with Crippen LogP contribution >= 0.6 is 0 Å². The van der Waals surface area contributed by atoms with Crippen molar-refractivity contribution in [1.29, 1.82) is 0 Å². The first-order chi connectivity index (χ1) is 7.85. The van der Waals surface area contributed by atoms with E-state index in [1.54, 1.807) is 6.07 Å². The number of pyridine rings is 1. The Morgan fingerprint density at radius 3 is 2.65 bits per heavy atom. The Bertz CT molecular complexity index is 568. The molecule has 6 nitrogen and oxygen atoms in total. The van der Waals surface area contributed by atoms with Crippen LogP contribution in [0.3, 0.4) is 0 Å². The van der Waals surface area contributed by atoms with E-state index in [2.05, 4.69) is 35.7 Å². The molecular weight excluding hydrogens is 220 g/mol. The molecule has 0 radical (unpaired) electrons. The summed E-state index contributed by atoms with van der Waals surface area (Å²) >= 11 is 0. The van der Waals surface area contributed by atoms with Crippen molar-refractivity contribution in [3.63, 3.8) is 0 Å². The fourth-order valence-corrected chi connectivity index (χ4v) is 1.62. The van der Waals surface area contributed by atoms with Gasteiger partial charge in [0, 0.05) is 12.5 Å². The summed E-state index contributed by atoms with van der Waals surface area (Å²) in [5.74, 6) is 0.631. The maximum Gasteiger partial charge on any atom is 0.366 e. The SMILES string of the molecule is CC(C)(C)Cc1nc2nc([N+](=O)[O-])ccc2[nH]1. The second-order valence-corrected chi connectivity index (χ2v) is 5.22. The number of nitrogens with one attached hydrogen (secondary N) is 1. The van der Waals surface area contributed by atoms with E-state index < -0.39 is 4.92 Å². The lowest BCUT2D eigenvalue weighted by molar-refractivity contribution is -0.389. The highest BCUT2D eigenvalue weighted by Crippen LogP contribution is 2.21. The van der Waals surface area contributed by atoms with Gasteiger partial charge in [0.1, 0.15) is 11.3 Å². The van der Waals surface area contributed by atoms with E-state index in [4.69, 9.17) is 0 Å². The number of H-pyrrole nitrogens is 1. The zero-order valence-corrected chi connectivity index (χ0v) is 10.0. The second-order valence-electron chi connectivity index (χ2n) is 5.22. The molecule has 2 rings (SSSR count). The van der Waals surface area contributed by atoms with E-state index >= 15 is 0 Å². The quantitative estimate of drug-likeness (QED) is 0.638. The molecule has 17 heavy (non-hydrogen) atoms. The van der Waals surface area contributed by atoms with Crippen molar-refractivity contribution in [3.8, 4) is 0 Å². The van der Waals surface area contributed by atoms with Crippen LogP contribution in [-0.4, -0.2) is 19.9 Å². The van der Waals surface area contributed by atoms with Crippen molar-refractivity contribution >= 4 is 17.0 Å². The lowest BCUT2D eigenvalue weighted by Crippen LogP contribution is -2.10. The molecule has 2 aromatic rings. The highest BCUT2D eigenvalue weighted by atomic mass is 16.6. The molecule has 0 unspecified atom stereocenters. The predicted octanol–water partition coefficient (Wildman–Crippen LogP) is 2.45. The van der Waals surface area contributed by atoms with Crippen LogP contribution in [0.4, 0.5) is 5.82 Å². The fourth-order valence-electron chi connectivity index (χ4n) is 1.62. The summed E-state index contributed by atoms with van der Waals surface area (Å²) in [5.41, 5.74) is 1.24. The van der Waals surface area contributed by atoms with E-state index in [9.17, 15) is 10.1 Å². The Kier molecular flexibility index (Phi) is 2.57. The lowest BCUT2D eigenvalue weighted by atomic mass is 9.92. The van der Waals surface area contributed by atoms with E-state index in [0.717, 1.165) is 17.8 Å². The van der Waals surface area contributed by atoms with Gasteiger partial charge in [-0.25, -0.2) is 0 Å². The van der Waals surface area contributed by atoms with E-state index in [1.165, 1.54) is 6.07 Å². The summed E-state index contributed by atoms with van der Waals surface area (Å²) in [6.07, 6.45) is 0.775. The predicted molar refractivity (Wildman–Crippen MR) is 63.7 cm³/mol. The molecule has 0 saturated carbocycles. The molecule has 0 amide bonds. The van der Waals surface area contributed by atoms with Crippen LogP contribution in [0.5, 0.6) is 0 Å². The molecule has 2 aromatic heterocycles. The van der Waals surface area contributed by atoms with Gasteiger partial charge in [-0.2, -0.15) is 4.98 Å². The monoisotopic (exact) mass is 234 g/mol. The molecule has 1 N–H and O–H groups in total. The largest absolute Gasteiger partial charge is 0.366 e. The van der Waals surface area contributed by atoms with Crippen molar-refractivity contribution < 1.29 is 4.92 Å². The number of aromatic nitrogens is 3. The zero-order chi connectivity index (χ0) is 12.6. The number of nitro groups is 1. The van der Waals surface area contributed by atoms with Gasteiger partial charge in [-0.05, 0) is 21.4 Å². The van der Waals surface area contributed by atoms with Gasteiger partial charge >= 0.3 is 5.82 Å². The molecule has 0 aromatic carbocycles. The Balaban J connectivity index is 2.40. The number of hydrogen-bond acceptors (Lipinski definition) is 4. The zero-order valence-electron chi connectivity index (χ0n) is 10.0. The van der Waals surface area contributed by atoms with E-state index in [0.29, 0.717) is 5.65 Å². The topological polar surface area (TPSA) is 84.7 Å². The van der Waals surface area contributed by atoms with Gasteiger partial charge in [0.05, 0.1) is 0 Å². The third kappa shape index (κ3) is 2.58. The fraction of sp³-hybridized carbons (Fsp3) is 0.455. The van der Waals surface area contributed by atoms with Gasteiger partial charge in [-0.15, -0.1) is 0 Å². The molecule has 0 spiro atoms. The molecule has 6 heteroatoms. The molecule has 0 atom stereocenters. The Hall–Kier alpha value is -1.98. The molecule has 0 bridgehead atoms. The van der Waals surface area contributed by atoms with Crippen LogP contribution in [0.2, 0.25) is 0 Å². The molecule has 0 aliphatic heterocycles. The molecule has 90 valence electrons. The first-order valence-electron chi connectivity index (χ1n) is 5.35. The third-order valence-corrected chi connectivity index (χ3v) is 2.27. The summed E-state index contributed by atoms with van der Waals surface area (Å²) in [6, 6.07) is 3.01. The van der Waals surface area contributed by atoms with Gasteiger partial charge < -0.3 is 15.1 Å². The maximum absolute atomic E-state index is 10.6. The maximum atomic E-state index is 10.6. The molecule has 0 aliphatic rings. The molecular formula is C11H14N4O2. The lowest BCUT2D eigenvalue weighted by Gasteiger charge is -2.15. The Morgan fingerprint density at radius 2 is 2.06 bits per heavy atom. The van der Waals surface area contributed by atoms with Crippen LogP contribution in [0.1, 0.15) is 26.6 Å². The van der Waals surface area contributed by atoms with Gasteiger partial charge in [-0.3, -0.25) is 0 Å². The van der Waals surface area contributed by atoms with Crippen LogP contribution in [0.15, 0.2) is 12.1 Å². The Morgan fingerprint density at radius 1 is 1.35 bits per heavy atom. The van der Waals surface area contributed by atoms with Gasteiger partial charge in [0.15, 0.2) is 0 Å². The van der Waals surface area contributed by atoms with Crippen molar-refractivity contribution in [2.24, 2.45) is 5.41 Å². The standard InChI is InChI=1S/C11H14N4O2/c1-11(2,3)6-8-12-7-4-5-9(15(16)17)14-10(7)13-8/h4-5H,6H2,1-3H3,(H,12,13,14). The first kappa shape index (κ1) is 11.5. The van der Waals surface area contributed by atoms with Crippen molar-refractivity contribution in [3.05, 3.63) is 28.1 Å². The minimum atomic E-state index is -0.516. The van der Waals surface area contributed by atoms with Crippen LogP contribution < -0.4 is 0 Å². The summed E-state index contributed by atoms with van der Waals surface area (Å²) in [7, 11) is 0. The summed E-state index contributed by atoms with van der Waals surface area (Å²) < 4.78 is 0. The van der Waals surface area contributed by atoms with E-state index in [-0.39, 0.29) is 11.2 Å². The smallest absolute Gasteiger partial charge is 0.358 e. The van der Waals surface area contributed by atoms with Crippen LogP contribution in [-0.2, 0) is 6.42 Å². The number of nitrogens with zero attached hydrogens (tertiary/aromatic N) is 3. The average molecular weight is 234 g/mol. The average Bonchev–Trinajstić information content (AvgIpc) is 2.54. The second kappa shape index (κ2) is 3.80. The van der Waals surface area contributed by atoms with Gasteiger partial charge in [0.2, 0.25) is 0 Å². The summed E-state index contributed by atoms with van der Waals surface area (Å²) in [5, 5.41) is 10.6. The van der Waals surface area contributed by atoms with Gasteiger partial charge in [0.25, 0.3) is 5.65 Å². The van der Waals surface area contributed by atoms with Crippen molar-refractivity contribution in [2.75, 3.05) is 0 Å². The number of fused-ring (bicyclic) bond motifs is 1. The van der Waals surface area contributed by atoms with E-state index in [1.807, 2.05) is 0 Å². The number of imidazole rings is 1. The summed E-state index contributed by atoms with van der Waals surface area (Å²) in [6.45, 7) is 6.32. The summed E-state index contributed by atoms with van der Waals surface area (Å²) in [4.78, 5) is 21.3. The highest BCUT2D eigenvalue weighted by Gasteiger charge is 2.17.